The van der Waals surface area contributed by atoms with E-state index in [0.717, 1.165) is 0 Å². The Morgan fingerprint density at radius 3 is 1.48 bits per heavy atom. The number of nitrogens with zero attached hydrogens (tertiary/aromatic N) is 1. The zero-order valence-corrected chi connectivity index (χ0v) is 17.2. The van der Waals surface area contributed by atoms with Crippen LogP contribution in [0.3, 0.4) is 0 Å². The smallest absolute Gasteiger partial charge is 0.280 e. The molecule has 7 heteroatoms. The van der Waals surface area contributed by atoms with Gasteiger partial charge in [-0.05, 0) is 54.6 Å². The first-order chi connectivity index (χ1) is 15.9. The Labute approximate surface area is 188 Å². The molecular formula is C26H17F2NO4. The number of nitro groups is 1. The van der Waals surface area contributed by atoms with Gasteiger partial charge in [0.2, 0.25) is 0 Å². The lowest BCUT2D eigenvalue weighted by atomic mass is 10.0. The fourth-order valence-electron chi connectivity index (χ4n) is 2.94. The highest BCUT2D eigenvalue weighted by atomic mass is 19.1. The molecule has 0 heterocycles. The molecule has 164 valence electrons. The minimum atomic E-state index is -0.545. The van der Waals surface area contributed by atoms with Gasteiger partial charge in [0.15, 0.2) is 11.6 Å². The Morgan fingerprint density at radius 2 is 1.00 bits per heavy atom. The van der Waals surface area contributed by atoms with E-state index in [1.165, 1.54) is 60.7 Å². The van der Waals surface area contributed by atoms with Gasteiger partial charge in [-0.15, -0.1) is 0 Å². The molecule has 5 nitrogen and oxygen atoms in total. The molecular weight excluding hydrogens is 428 g/mol. The molecule has 33 heavy (non-hydrogen) atoms. The predicted octanol–water partition coefficient (Wildman–Crippen LogP) is 6.02. The minimum absolute atomic E-state index is 0.115. The molecule has 0 aliphatic carbocycles. The Morgan fingerprint density at radius 1 is 0.576 bits per heavy atom. The van der Waals surface area contributed by atoms with Crippen LogP contribution in [0.15, 0.2) is 103 Å². The van der Waals surface area contributed by atoms with Crippen molar-refractivity contribution in [2.24, 2.45) is 0 Å². The topological polar surface area (TPSA) is 77.3 Å². The van der Waals surface area contributed by atoms with Crippen LogP contribution in [0.4, 0.5) is 14.5 Å². The summed E-state index contributed by atoms with van der Waals surface area (Å²) in [5.41, 5.74) is 1.16. The van der Waals surface area contributed by atoms with Crippen LogP contribution in [0.2, 0.25) is 0 Å². The van der Waals surface area contributed by atoms with Crippen LogP contribution in [0.5, 0.6) is 0 Å². The van der Waals surface area contributed by atoms with Crippen molar-refractivity contribution in [1.82, 2.24) is 0 Å². The first-order valence-corrected chi connectivity index (χ1v) is 9.76. The molecule has 0 N–H and O–H groups in total. The van der Waals surface area contributed by atoms with Crippen molar-refractivity contribution in [3.63, 3.8) is 0 Å². The molecule has 0 aliphatic rings. The molecule has 0 saturated carbocycles. The Kier molecular flexibility index (Phi) is 7.49. The van der Waals surface area contributed by atoms with Crippen molar-refractivity contribution in [3.8, 4) is 0 Å². The van der Waals surface area contributed by atoms with Gasteiger partial charge in [-0.1, -0.05) is 42.5 Å². The standard InChI is InChI=1S/C13H8F2O.C13H9NO3/c14-11-5-1-9(2-6-11)13(16)10-3-7-12(15)8-4-10;15-13(10-6-2-1-3-7-10)11-8-4-5-9-12(11)14(16)17/h1-8H;1-9H. The molecule has 0 unspecified atom stereocenters. The number of hydrogen-bond donors (Lipinski definition) is 0. The highest BCUT2D eigenvalue weighted by Crippen LogP contribution is 2.21. The number of para-hydroxylation sites is 1. The van der Waals surface area contributed by atoms with E-state index in [0.29, 0.717) is 16.7 Å². The fourth-order valence-corrected chi connectivity index (χ4v) is 2.94. The number of nitro benzene ring substituents is 1. The van der Waals surface area contributed by atoms with Crippen LogP contribution in [0, 0.1) is 21.7 Å². The lowest BCUT2D eigenvalue weighted by molar-refractivity contribution is -0.385. The van der Waals surface area contributed by atoms with Gasteiger partial charge in [-0.2, -0.15) is 0 Å². The summed E-state index contributed by atoms with van der Waals surface area (Å²) >= 11 is 0. The number of carbonyl (C=O) groups excluding carboxylic acids is 2. The first kappa shape index (κ1) is 23.1. The number of rotatable bonds is 5. The molecule has 0 spiro atoms. The summed E-state index contributed by atoms with van der Waals surface area (Å²) in [5, 5.41) is 10.8. The quantitative estimate of drug-likeness (QED) is 0.214. The molecule has 0 radical (unpaired) electrons. The van der Waals surface area contributed by atoms with E-state index in [9.17, 15) is 28.5 Å². The Bertz CT molecular complexity index is 1220. The Balaban J connectivity index is 0.000000186. The summed E-state index contributed by atoms with van der Waals surface area (Å²) in [6.07, 6.45) is 0. The first-order valence-electron chi connectivity index (χ1n) is 9.76. The van der Waals surface area contributed by atoms with Crippen molar-refractivity contribution >= 4 is 17.3 Å². The molecule has 0 atom stereocenters. The van der Waals surface area contributed by atoms with Crippen LogP contribution in [0.1, 0.15) is 31.8 Å². The lowest BCUT2D eigenvalue weighted by Gasteiger charge is -2.01. The van der Waals surface area contributed by atoms with Crippen molar-refractivity contribution in [3.05, 3.63) is 147 Å². The maximum atomic E-state index is 12.6. The van der Waals surface area contributed by atoms with E-state index in [1.807, 2.05) is 0 Å². The summed E-state index contributed by atoms with van der Waals surface area (Å²) in [6.45, 7) is 0. The van der Waals surface area contributed by atoms with Gasteiger partial charge < -0.3 is 0 Å². The van der Waals surface area contributed by atoms with Crippen LogP contribution in [0.25, 0.3) is 0 Å². The number of hydrogen-bond acceptors (Lipinski definition) is 4. The van der Waals surface area contributed by atoms with E-state index in [4.69, 9.17) is 0 Å². The van der Waals surface area contributed by atoms with Gasteiger partial charge >= 0.3 is 0 Å². The molecule has 4 aromatic carbocycles. The number of benzene rings is 4. The second kappa shape index (κ2) is 10.7. The third-order valence-electron chi connectivity index (χ3n) is 4.59. The van der Waals surface area contributed by atoms with Gasteiger partial charge in [0.1, 0.15) is 17.2 Å². The highest BCUT2D eigenvalue weighted by Gasteiger charge is 2.19. The lowest BCUT2D eigenvalue weighted by Crippen LogP contribution is -2.04. The van der Waals surface area contributed by atoms with E-state index in [2.05, 4.69) is 0 Å². The maximum absolute atomic E-state index is 12.6. The third kappa shape index (κ3) is 6.01. The number of halogens is 2. The molecule has 0 bridgehead atoms. The summed E-state index contributed by atoms with van der Waals surface area (Å²) in [5.74, 6) is -1.37. The largest absolute Gasteiger partial charge is 0.289 e. The van der Waals surface area contributed by atoms with Crippen LogP contribution in [-0.2, 0) is 0 Å². The van der Waals surface area contributed by atoms with Crippen molar-refractivity contribution in [1.29, 1.82) is 0 Å². The summed E-state index contributed by atoms with van der Waals surface area (Å²) < 4.78 is 25.3. The molecule has 0 fully saturated rings. The molecule has 0 amide bonds. The van der Waals surface area contributed by atoms with E-state index < -0.39 is 16.6 Å². The normalized spacial score (nSPS) is 10.0. The van der Waals surface area contributed by atoms with Crippen LogP contribution in [-0.4, -0.2) is 16.5 Å². The van der Waals surface area contributed by atoms with E-state index >= 15 is 0 Å². The van der Waals surface area contributed by atoms with Gasteiger partial charge in [-0.3, -0.25) is 19.7 Å². The van der Waals surface area contributed by atoms with Crippen LogP contribution < -0.4 is 0 Å². The third-order valence-corrected chi connectivity index (χ3v) is 4.59. The van der Waals surface area contributed by atoms with Gasteiger partial charge in [0.05, 0.1) is 4.92 Å². The SMILES string of the molecule is O=C(c1ccc(F)cc1)c1ccc(F)cc1.O=C(c1ccccc1)c1ccccc1[N+](=O)[O-]. The number of ketones is 2. The summed E-state index contributed by atoms with van der Waals surface area (Å²) in [4.78, 5) is 34.2. The van der Waals surface area contributed by atoms with Gasteiger partial charge in [0.25, 0.3) is 5.69 Å². The van der Waals surface area contributed by atoms with Gasteiger partial charge in [0, 0.05) is 22.8 Å². The van der Waals surface area contributed by atoms with Crippen molar-refractivity contribution in [2.75, 3.05) is 0 Å². The van der Waals surface area contributed by atoms with E-state index in [-0.39, 0.29) is 22.8 Å². The molecule has 0 aromatic heterocycles. The van der Waals surface area contributed by atoms with Crippen LogP contribution >= 0.6 is 0 Å². The highest BCUT2D eigenvalue weighted by molar-refractivity contribution is 6.11. The van der Waals surface area contributed by atoms with E-state index in [1.54, 1.807) is 42.5 Å². The second-order valence-electron chi connectivity index (χ2n) is 6.81. The zero-order valence-electron chi connectivity index (χ0n) is 17.2. The minimum Gasteiger partial charge on any atom is -0.289 e. The summed E-state index contributed by atoms with van der Waals surface area (Å²) in [6, 6.07) is 25.0. The van der Waals surface area contributed by atoms with Crippen molar-refractivity contribution < 1.29 is 23.3 Å². The average molecular weight is 445 g/mol. The molecule has 4 aromatic rings. The Hall–Kier alpha value is -4.52. The monoisotopic (exact) mass is 445 g/mol. The predicted molar refractivity (Wildman–Crippen MR) is 119 cm³/mol. The van der Waals surface area contributed by atoms with Crippen molar-refractivity contribution in [2.45, 2.75) is 0 Å². The molecule has 0 saturated heterocycles. The molecule has 4 rings (SSSR count). The maximum Gasteiger partial charge on any atom is 0.280 e. The summed E-state index contributed by atoms with van der Waals surface area (Å²) in [7, 11) is 0. The second-order valence-corrected chi connectivity index (χ2v) is 6.81. The molecule has 0 aliphatic heterocycles. The van der Waals surface area contributed by atoms with Gasteiger partial charge in [-0.25, -0.2) is 8.78 Å². The zero-order chi connectivity index (χ0) is 23.8. The fraction of sp³-hybridized carbons (Fsp3) is 0. The number of carbonyl (C=O) groups is 2. The average Bonchev–Trinajstić information content (AvgIpc) is 2.85.